The molecule has 1 atom stereocenters. The van der Waals surface area contributed by atoms with E-state index in [1.807, 2.05) is 29.2 Å². The number of carbonyl (C=O) groups excluding carboxylic acids is 2. The third kappa shape index (κ3) is 3.44. The van der Waals surface area contributed by atoms with Crippen molar-refractivity contribution in [3.63, 3.8) is 0 Å². The lowest BCUT2D eigenvalue weighted by atomic mass is 9.91. The second-order valence-corrected chi connectivity index (χ2v) is 7.03. The van der Waals surface area contributed by atoms with Crippen molar-refractivity contribution in [1.29, 1.82) is 0 Å². The van der Waals surface area contributed by atoms with Crippen LogP contribution in [0.25, 0.3) is 0 Å². The van der Waals surface area contributed by atoms with E-state index in [1.165, 1.54) is 0 Å². The van der Waals surface area contributed by atoms with E-state index < -0.39 is 6.03 Å². The Morgan fingerprint density at radius 3 is 2.83 bits per heavy atom. The predicted octanol–water partition coefficient (Wildman–Crippen LogP) is 2.28. The van der Waals surface area contributed by atoms with Crippen molar-refractivity contribution in [1.82, 2.24) is 10.2 Å². The second-order valence-electron chi connectivity index (χ2n) is 6.60. The minimum Gasteiger partial charge on any atom is -0.352 e. The number of urea groups is 1. The molecule has 2 fully saturated rings. The third-order valence-corrected chi connectivity index (χ3v) is 5.14. The van der Waals surface area contributed by atoms with Crippen molar-refractivity contribution in [2.24, 2.45) is 11.7 Å². The third-order valence-electron chi connectivity index (χ3n) is 4.91. The van der Waals surface area contributed by atoms with Crippen molar-refractivity contribution in [2.45, 2.75) is 31.1 Å². The first-order valence-corrected chi connectivity index (χ1v) is 8.48. The number of hydrogen-bond acceptors (Lipinski definition) is 2. The summed E-state index contributed by atoms with van der Waals surface area (Å²) >= 11 is 6.09. The smallest absolute Gasteiger partial charge is 0.312 e. The number of piperidine rings is 1. The summed E-state index contributed by atoms with van der Waals surface area (Å²) in [5.74, 6) is 0.471. The zero-order valence-corrected chi connectivity index (χ0v) is 13.8. The van der Waals surface area contributed by atoms with Gasteiger partial charge in [-0.3, -0.25) is 4.79 Å². The molecule has 0 spiro atoms. The molecule has 1 unspecified atom stereocenters. The molecule has 1 heterocycles. The molecule has 5 nitrogen and oxygen atoms in total. The van der Waals surface area contributed by atoms with Crippen LogP contribution in [0.15, 0.2) is 24.3 Å². The summed E-state index contributed by atoms with van der Waals surface area (Å²) in [6.45, 7) is 2.00. The van der Waals surface area contributed by atoms with E-state index in [1.54, 1.807) is 0 Å². The molecule has 1 aliphatic heterocycles. The molecule has 1 aliphatic carbocycles. The number of likely N-dealkylation sites (tertiary alicyclic amines) is 1. The van der Waals surface area contributed by atoms with Gasteiger partial charge in [-0.1, -0.05) is 23.7 Å². The van der Waals surface area contributed by atoms with E-state index in [4.69, 9.17) is 17.3 Å². The van der Waals surface area contributed by atoms with E-state index in [0.717, 1.165) is 37.8 Å². The first-order chi connectivity index (χ1) is 11.0. The van der Waals surface area contributed by atoms with E-state index in [0.29, 0.717) is 18.1 Å². The van der Waals surface area contributed by atoms with Crippen molar-refractivity contribution in [2.75, 3.05) is 19.6 Å². The Bertz CT molecular complexity index is 616. The molecule has 1 aromatic carbocycles. The molecule has 1 aromatic rings. The Kier molecular flexibility index (Phi) is 4.48. The van der Waals surface area contributed by atoms with Crippen LogP contribution in [-0.4, -0.2) is 36.5 Å². The number of amides is 3. The molecule has 0 bridgehead atoms. The maximum atomic E-state index is 13.0. The van der Waals surface area contributed by atoms with Crippen LogP contribution in [0.4, 0.5) is 4.79 Å². The molecular weight excluding hydrogens is 314 g/mol. The van der Waals surface area contributed by atoms with Gasteiger partial charge in [0.05, 0.1) is 5.41 Å². The Labute approximate surface area is 141 Å². The number of hydrogen-bond donors (Lipinski definition) is 2. The molecule has 3 N–H and O–H groups in total. The summed E-state index contributed by atoms with van der Waals surface area (Å²) in [5.41, 5.74) is 5.77. The van der Waals surface area contributed by atoms with Gasteiger partial charge < -0.3 is 16.0 Å². The first-order valence-electron chi connectivity index (χ1n) is 8.10. The highest BCUT2D eigenvalue weighted by Gasteiger charge is 2.53. The summed E-state index contributed by atoms with van der Waals surface area (Å²) in [7, 11) is 0. The molecule has 3 amide bonds. The van der Waals surface area contributed by atoms with Crippen LogP contribution in [0.5, 0.6) is 0 Å². The fraction of sp³-hybridized carbons (Fsp3) is 0.529. The standard InChI is InChI=1S/C17H22ClN3O2/c18-14-5-1-4-13(9-14)17(6-7-17)15(22)21-8-2-3-12(11-21)10-20-16(19)23/h1,4-5,9,12H,2-3,6-8,10-11H2,(H3,19,20,23). The van der Waals surface area contributed by atoms with E-state index in [9.17, 15) is 9.59 Å². The highest BCUT2D eigenvalue weighted by Crippen LogP contribution is 2.50. The van der Waals surface area contributed by atoms with E-state index >= 15 is 0 Å². The molecule has 1 saturated heterocycles. The number of nitrogens with one attached hydrogen (secondary N) is 1. The van der Waals surface area contributed by atoms with Gasteiger partial charge in [0, 0.05) is 24.7 Å². The van der Waals surface area contributed by atoms with E-state index in [-0.39, 0.29) is 17.2 Å². The lowest BCUT2D eigenvalue weighted by Crippen LogP contribution is -2.47. The Hall–Kier alpha value is -1.75. The number of benzene rings is 1. The van der Waals surface area contributed by atoms with Gasteiger partial charge in [0.2, 0.25) is 5.91 Å². The van der Waals surface area contributed by atoms with Gasteiger partial charge in [0.15, 0.2) is 0 Å². The fourth-order valence-corrected chi connectivity index (χ4v) is 3.69. The largest absolute Gasteiger partial charge is 0.352 e. The van der Waals surface area contributed by atoms with Gasteiger partial charge in [-0.2, -0.15) is 0 Å². The van der Waals surface area contributed by atoms with Crippen LogP contribution < -0.4 is 11.1 Å². The highest BCUT2D eigenvalue weighted by molar-refractivity contribution is 6.30. The van der Waals surface area contributed by atoms with Crippen LogP contribution >= 0.6 is 11.6 Å². The molecule has 6 heteroatoms. The van der Waals surface area contributed by atoms with Gasteiger partial charge in [0.25, 0.3) is 0 Å². The SMILES string of the molecule is NC(=O)NCC1CCCN(C(=O)C2(c3cccc(Cl)c3)CC2)C1. The number of nitrogens with zero attached hydrogens (tertiary/aromatic N) is 1. The van der Waals surface area contributed by atoms with Crippen molar-refractivity contribution in [3.8, 4) is 0 Å². The summed E-state index contributed by atoms with van der Waals surface area (Å²) in [6.07, 6.45) is 3.73. The number of carbonyl (C=O) groups is 2. The first kappa shape index (κ1) is 16.1. The van der Waals surface area contributed by atoms with Gasteiger partial charge in [0.1, 0.15) is 0 Å². The molecule has 0 aromatic heterocycles. The Morgan fingerprint density at radius 1 is 1.39 bits per heavy atom. The average Bonchev–Trinajstić information content (AvgIpc) is 3.34. The molecule has 2 aliphatic rings. The van der Waals surface area contributed by atoms with Crippen LogP contribution in [0.1, 0.15) is 31.2 Å². The quantitative estimate of drug-likeness (QED) is 0.885. The lowest BCUT2D eigenvalue weighted by Gasteiger charge is -2.35. The predicted molar refractivity (Wildman–Crippen MR) is 89.3 cm³/mol. The van der Waals surface area contributed by atoms with Crippen LogP contribution in [0, 0.1) is 5.92 Å². The zero-order valence-electron chi connectivity index (χ0n) is 13.1. The molecule has 23 heavy (non-hydrogen) atoms. The van der Waals surface area contributed by atoms with E-state index in [2.05, 4.69) is 5.32 Å². The Balaban J connectivity index is 1.69. The van der Waals surface area contributed by atoms with Crippen LogP contribution in [-0.2, 0) is 10.2 Å². The normalized spacial score (nSPS) is 22.5. The summed E-state index contributed by atoms with van der Waals surface area (Å²) in [6, 6.07) is 7.12. The van der Waals surface area contributed by atoms with Gasteiger partial charge >= 0.3 is 6.03 Å². The molecule has 1 saturated carbocycles. The monoisotopic (exact) mass is 335 g/mol. The average molecular weight is 336 g/mol. The summed E-state index contributed by atoms with van der Waals surface area (Å²) < 4.78 is 0. The highest BCUT2D eigenvalue weighted by atomic mass is 35.5. The number of primary amides is 1. The Morgan fingerprint density at radius 2 is 2.17 bits per heavy atom. The van der Waals surface area contributed by atoms with Gasteiger partial charge in [-0.25, -0.2) is 4.79 Å². The zero-order chi connectivity index (χ0) is 16.4. The summed E-state index contributed by atoms with van der Waals surface area (Å²) in [5, 5.41) is 3.32. The lowest BCUT2D eigenvalue weighted by molar-refractivity contribution is -0.135. The number of rotatable bonds is 4. The van der Waals surface area contributed by atoms with Crippen molar-refractivity contribution in [3.05, 3.63) is 34.9 Å². The topological polar surface area (TPSA) is 75.4 Å². The van der Waals surface area contributed by atoms with Crippen LogP contribution in [0.3, 0.4) is 0 Å². The molecule has 124 valence electrons. The molecule has 3 rings (SSSR count). The van der Waals surface area contributed by atoms with Crippen molar-refractivity contribution >= 4 is 23.5 Å². The number of nitrogens with two attached hydrogens (primary N) is 1. The van der Waals surface area contributed by atoms with Crippen LogP contribution in [0.2, 0.25) is 5.02 Å². The van der Waals surface area contributed by atoms with Gasteiger partial charge in [-0.05, 0) is 49.3 Å². The maximum absolute atomic E-state index is 13.0. The van der Waals surface area contributed by atoms with Crippen molar-refractivity contribution < 1.29 is 9.59 Å². The fourth-order valence-electron chi connectivity index (χ4n) is 3.50. The number of halogens is 1. The van der Waals surface area contributed by atoms with Gasteiger partial charge in [-0.15, -0.1) is 0 Å². The molecule has 0 radical (unpaired) electrons. The maximum Gasteiger partial charge on any atom is 0.312 e. The second kappa shape index (κ2) is 6.40. The minimum atomic E-state index is -0.508. The minimum absolute atomic E-state index is 0.198. The molecular formula is C17H22ClN3O2. The summed E-state index contributed by atoms with van der Waals surface area (Å²) in [4.78, 5) is 25.9.